The van der Waals surface area contributed by atoms with E-state index in [4.69, 9.17) is 4.74 Å². The highest BCUT2D eigenvalue weighted by atomic mass is 16.5. The first kappa shape index (κ1) is 11.5. The molecule has 0 amide bonds. The van der Waals surface area contributed by atoms with Gasteiger partial charge in [-0.05, 0) is 31.5 Å². The van der Waals surface area contributed by atoms with Crippen molar-refractivity contribution in [2.45, 2.75) is 19.3 Å². The van der Waals surface area contributed by atoms with Gasteiger partial charge in [0.15, 0.2) is 0 Å². The van der Waals surface area contributed by atoms with Crippen molar-refractivity contribution in [3.63, 3.8) is 0 Å². The van der Waals surface area contributed by atoms with E-state index >= 15 is 0 Å². The Kier molecular flexibility index (Phi) is 2.58. The number of H-pyrrole nitrogens is 1. The number of rotatable bonds is 3. The third kappa shape index (κ3) is 1.65. The minimum absolute atomic E-state index is 0.688. The number of hydrogen-bond acceptors (Lipinski definition) is 2. The highest BCUT2D eigenvalue weighted by Crippen LogP contribution is 2.36. The maximum atomic E-state index is 11.3. The molecule has 0 saturated heterocycles. The lowest BCUT2D eigenvalue weighted by molar-refractivity contribution is -0.142. The molecule has 2 aromatic rings. The molecule has 0 unspecified atom stereocenters. The van der Waals surface area contributed by atoms with Crippen LogP contribution >= 0.6 is 0 Å². The quantitative estimate of drug-likeness (QED) is 0.856. The van der Waals surface area contributed by atoms with E-state index < -0.39 is 11.4 Å². The molecule has 4 heteroatoms. The zero-order valence-corrected chi connectivity index (χ0v) is 10.1. The molecule has 2 N–H and O–H groups in total. The van der Waals surface area contributed by atoms with Crippen LogP contribution in [0.25, 0.3) is 10.9 Å². The second kappa shape index (κ2) is 3.80. The standard InChI is InChI=1S/C13H15NO3/c1-13(2,12(15)16)8-7-14-9-5-4-6-10(17-3)11(8)9/h4-7,14H,1-3H3,(H,15,16). The minimum Gasteiger partial charge on any atom is -0.496 e. The van der Waals surface area contributed by atoms with Gasteiger partial charge in [0, 0.05) is 17.1 Å². The van der Waals surface area contributed by atoms with Crippen LogP contribution in [0.15, 0.2) is 24.4 Å². The molecule has 1 heterocycles. The van der Waals surface area contributed by atoms with Gasteiger partial charge in [0.1, 0.15) is 5.75 Å². The maximum absolute atomic E-state index is 11.3. The van der Waals surface area contributed by atoms with Gasteiger partial charge < -0.3 is 14.8 Å². The van der Waals surface area contributed by atoms with Crippen molar-refractivity contribution in [3.8, 4) is 5.75 Å². The second-order valence-electron chi connectivity index (χ2n) is 4.52. The fourth-order valence-corrected chi connectivity index (χ4v) is 1.93. The highest BCUT2D eigenvalue weighted by Gasteiger charge is 2.32. The summed E-state index contributed by atoms with van der Waals surface area (Å²) in [5, 5.41) is 10.1. The molecule has 0 bridgehead atoms. The van der Waals surface area contributed by atoms with Crippen LogP contribution in [-0.4, -0.2) is 23.2 Å². The number of carboxylic acids is 1. The summed E-state index contributed by atoms with van der Waals surface area (Å²) in [6, 6.07) is 5.60. The first-order valence-electron chi connectivity index (χ1n) is 5.36. The number of carbonyl (C=O) groups is 1. The zero-order chi connectivity index (χ0) is 12.6. The summed E-state index contributed by atoms with van der Waals surface area (Å²) in [6.45, 7) is 3.37. The molecule has 4 nitrogen and oxygen atoms in total. The van der Waals surface area contributed by atoms with Crippen LogP contribution in [0, 0.1) is 0 Å². The number of methoxy groups -OCH3 is 1. The minimum atomic E-state index is -0.952. The number of nitrogens with one attached hydrogen (secondary N) is 1. The van der Waals surface area contributed by atoms with Crippen LogP contribution in [0.3, 0.4) is 0 Å². The molecule has 90 valence electrons. The van der Waals surface area contributed by atoms with Gasteiger partial charge in [0.2, 0.25) is 0 Å². The fourth-order valence-electron chi connectivity index (χ4n) is 1.93. The van der Waals surface area contributed by atoms with Gasteiger partial charge in [0.05, 0.1) is 12.5 Å². The van der Waals surface area contributed by atoms with Crippen LogP contribution in [-0.2, 0) is 10.2 Å². The monoisotopic (exact) mass is 233 g/mol. The van der Waals surface area contributed by atoms with Crippen molar-refractivity contribution >= 4 is 16.9 Å². The topological polar surface area (TPSA) is 62.3 Å². The van der Waals surface area contributed by atoms with E-state index in [1.807, 2.05) is 18.2 Å². The van der Waals surface area contributed by atoms with Crippen molar-refractivity contribution < 1.29 is 14.6 Å². The number of carboxylic acid groups (broad SMARTS) is 1. The zero-order valence-electron chi connectivity index (χ0n) is 10.1. The van der Waals surface area contributed by atoms with Crippen molar-refractivity contribution in [1.29, 1.82) is 0 Å². The third-order valence-corrected chi connectivity index (χ3v) is 3.10. The average molecular weight is 233 g/mol. The molecule has 2 rings (SSSR count). The Bertz CT molecular complexity index is 569. The molecule has 0 radical (unpaired) electrons. The predicted molar refractivity (Wildman–Crippen MR) is 65.5 cm³/mol. The van der Waals surface area contributed by atoms with Crippen molar-refractivity contribution in [2.24, 2.45) is 0 Å². The summed E-state index contributed by atoms with van der Waals surface area (Å²) in [5.41, 5.74) is 0.665. The Morgan fingerprint density at radius 1 is 1.41 bits per heavy atom. The van der Waals surface area contributed by atoms with Crippen LogP contribution in [0.2, 0.25) is 0 Å². The summed E-state index contributed by atoms with van der Waals surface area (Å²) >= 11 is 0. The average Bonchev–Trinajstić information content (AvgIpc) is 2.72. The smallest absolute Gasteiger partial charge is 0.313 e. The molecule has 0 aliphatic carbocycles. The van der Waals surface area contributed by atoms with E-state index in [1.165, 1.54) is 0 Å². The molecule has 1 aromatic carbocycles. The molecular formula is C13H15NO3. The van der Waals surface area contributed by atoms with Gasteiger partial charge in [-0.25, -0.2) is 0 Å². The van der Waals surface area contributed by atoms with Gasteiger partial charge in [0.25, 0.3) is 0 Å². The molecule has 0 atom stereocenters. The Morgan fingerprint density at radius 3 is 2.71 bits per heavy atom. The van der Waals surface area contributed by atoms with Crippen LogP contribution in [0.1, 0.15) is 19.4 Å². The molecule has 17 heavy (non-hydrogen) atoms. The van der Waals surface area contributed by atoms with Crippen LogP contribution in [0.4, 0.5) is 0 Å². The van der Waals surface area contributed by atoms with Gasteiger partial charge in [-0.3, -0.25) is 4.79 Å². The van der Waals surface area contributed by atoms with Gasteiger partial charge in [-0.1, -0.05) is 6.07 Å². The van der Waals surface area contributed by atoms with Crippen LogP contribution in [0.5, 0.6) is 5.75 Å². The van der Waals surface area contributed by atoms with Crippen molar-refractivity contribution in [1.82, 2.24) is 4.98 Å². The largest absolute Gasteiger partial charge is 0.496 e. The number of aromatic amines is 1. The predicted octanol–water partition coefficient (Wildman–Crippen LogP) is 2.54. The van der Waals surface area contributed by atoms with E-state index in [0.717, 1.165) is 16.5 Å². The molecule has 0 aliphatic heterocycles. The summed E-state index contributed by atoms with van der Waals surface area (Å²) in [4.78, 5) is 14.4. The Balaban J connectivity index is 2.75. The summed E-state index contributed by atoms with van der Waals surface area (Å²) in [7, 11) is 1.58. The molecule has 0 saturated carbocycles. The lowest BCUT2D eigenvalue weighted by Gasteiger charge is -2.19. The fraction of sp³-hybridized carbons (Fsp3) is 0.308. The summed E-state index contributed by atoms with van der Waals surface area (Å²) < 4.78 is 5.29. The highest BCUT2D eigenvalue weighted by molar-refractivity contribution is 5.95. The Morgan fingerprint density at radius 2 is 2.12 bits per heavy atom. The van der Waals surface area contributed by atoms with Crippen molar-refractivity contribution in [3.05, 3.63) is 30.0 Å². The normalized spacial score (nSPS) is 11.7. The number of fused-ring (bicyclic) bond motifs is 1. The molecule has 0 aliphatic rings. The van der Waals surface area contributed by atoms with E-state index in [-0.39, 0.29) is 0 Å². The molecule has 0 fully saturated rings. The van der Waals surface area contributed by atoms with E-state index in [0.29, 0.717) is 5.75 Å². The van der Waals surface area contributed by atoms with E-state index in [1.54, 1.807) is 27.2 Å². The first-order valence-corrected chi connectivity index (χ1v) is 5.36. The Hall–Kier alpha value is -1.97. The number of aromatic nitrogens is 1. The first-order chi connectivity index (χ1) is 7.98. The summed E-state index contributed by atoms with van der Waals surface area (Å²) in [6.07, 6.45) is 1.74. The molecule has 0 spiro atoms. The Labute approximate surface area is 99.2 Å². The lowest BCUT2D eigenvalue weighted by Crippen LogP contribution is -2.28. The SMILES string of the molecule is COc1cccc2[nH]cc(C(C)(C)C(=O)O)c12. The van der Waals surface area contributed by atoms with Gasteiger partial charge >= 0.3 is 5.97 Å². The van der Waals surface area contributed by atoms with Gasteiger partial charge in [-0.15, -0.1) is 0 Å². The third-order valence-electron chi connectivity index (χ3n) is 3.10. The van der Waals surface area contributed by atoms with Crippen molar-refractivity contribution in [2.75, 3.05) is 7.11 Å². The maximum Gasteiger partial charge on any atom is 0.313 e. The second-order valence-corrected chi connectivity index (χ2v) is 4.52. The number of aliphatic carboxylic acids is 1. The number of hydrogen-bond donors (Lipinski definition) is 2. The molecular weight excluding hydrogens is 218 g/mol. The van der Waals surface area contributed by atoms with E-state index in [9.17, 15) is 9.90 Å². The number of ether oxygens (including phenoxy) is 1. The number of benzene rings is 1. The van der Waals surface area contributed by atoms with Crippen LogP contribution < -0.4 is 4.74 Å². The van der Waals surface area contributed by atoms with Gasteiger partial charge in [-0.2, -0.15) is 0 Å². The summed E-state index contributed by atoms with van der Waals surface area (Å²) in [5.74, 6) is -0.169. The molecule has 1 aromatic heterocycles. The lowest BCUT2D eigenvalue weighted by atomic mass is 9.84. The van der Waals surface area contributed by atoms with E-state index in [2.05, 4.69) is 4.98 Å².